The largest absolute Gasteiger partial charge is 0.369 e. The molecular formula is C12H22BrN5. The van der Waals surface area contributed by atoms with Gasteiger partial charge >= 0.3 is 0 Å². The minimum Gasteiger partial charge on any atom is -0.369 e. The highest BCUT2D eigenvalue weighted by Gasteiger charge is 2.21. The molecule has 0 spiro atoms. The van der Waals surface area contributed by atoms with Gasteiger partial charge in [0.1, 0.15) is 22.4 Å². The molecule has 102 valence electrons. The molecule has 0 fully saturated rings. The van der Waals surface area contributed by atoms with Gasteiger partial charge in [0.25, 0.3) is 0 Å². The van der Waals surface area contributed by atoms with E-state index < -0.39 is 0 Å². The zero-order valence-electron chi connectivity index (χ0n) is 11.7. The number of hydrogen-bond acceptors (Lipinski definition) is 5. The van der Waals surface area contributed by atoms with Crippen molar-refractivity contribution in [3.05, 3.63) is 10.8 Å². The van der Waals surface area contributed by atoms with Crippen molar-refractivity contribution in [3.8, 4) is 0 Å². The molecule has 0 atom stereocenters. The first-order valence-electron chi connectivity index (χ1n) is 6.04. The van der Waals surface area contributed by atoms with Crippen LogP contribution in [-0.4, -0.2) is 47.6 Å². The van der Waals surface area contributed by atoms with E-state index in [-0.39, 0.29) is 5.54 Å². The monoisotopic (exact) mass is 315 g/mol. The molecule has 0 unspecified atom stereocenters. The SMILES string of the molecule is CCNc1ncnc(NCC(C)(C)N(C)C)c1Br. The van der Waals surface area contributed by atoms with E-state index in [4.69, 9.17) is 0 Å². The highest BCUT2D eigenvalue weighted by Crippen LogP contribution is 2.26. The lowest BCUT2D eigenvalue weighted by molar-refractivity contribution is 0.210. The quantitative estimate of drug-likeness (QED) is 0.844. The summed E-state index contributed by atoms with van der Waals surface area (Å²) in [5.74, 6) is 1.63. The summed E-state index contributed by atoms with van der Waals surface area (Å²) in [4.78, 5) is 10.6. The Kier molecular flexibility index (Phi) is 5.34. The van der Waals surface area contributed by atoms with Crippen LogP contribution in [0.5, 0.6) is 0 Å². The zero-order valence-corrected chi connectivity index (χ0v) is 13.3. The molecular weight excluding hydrogens is 294 g/mol. The van der Waals surface area contributed by atoms with Crippen molar-refractivity contribution >= 4 is 27.6 Å². The average Bonchev–Trinajstić information content (AvgIpc) is 2.30. The van der Waals surface area contributed by atoms with E-state index >= 15 is 0 Å². The maximum Gasteiger partial charge on any atom is 0.146 e. The van der Waals surface area contributed by atoms with Gasteiger partial charge in [-0.3, -0.25) is 0 Å². The summed E-state index contributed by atoms with van der Waals surface area (Å²) in [6.45, 7) is 8.04. The molecule has 0 saturated carbocycles. The molecule has 1 aromatic rings. The van der Waals surface area contributed by atoms with Crippen molar-refractivity contribution < 1.29 is 0 Å². The lowest BCUT2D eigenvalue weighted by atomic mass is 10.0. The number of nitrogens with zero attached hydrogens (tertiary/aromatic N) is 3. The second-order valence-corrected chi connectivity index (χ2v) is 5.77. The normalized spacial score (nSPS) is 11.7. The fourth-order valence-corrected chi connectivity index (χ4v) is 1.73. The van der Waals surface area contributed by atoms with Crippen LogP contribution in [0.2, 0.25) is 0 Å². The number of likely N-dealkylation sites (N-methyl/N-ethyl adjacent to an activating group) is 1. The lowest BCUT2D eigenvalue weighted by Gasteiger charge is -2.33. The van der Waals surface area contributed by atoms with Crippen molar-refractivity contribution in [3.63, 3.8) is 0 Å². The molecule has 0 aliphatic carbocycles. The Bertz CT molecular complexity index is 392. The molecule has 6 heteroatoms. The summed E-state index contributed by atoms with van der Waals surface area (Å²) in [5.41, 5.74) is 0.0583. The molecule has 0 amide bonds. The minimum atomic E-state index is 0.0583. The molecule has 0 aliphatic rings. The Hall–Kier alpha value is -0.880. The van der Waals surface area contributed by atoms with Crippen LogP contribution in [-0.2, 0) is 0 Å². The molecule has 1 rings (SSSR count). The van der Waals surface area contributed by atoms with Crippen molar-refractivity contribution in [1.82, 2.24) is 14.9 Å². The van der Waals surface area contributed by atoms with Crippen LogP contribution in [0.1, 0.15) is 20.8 Å². The topological polar surface area (TPSA) is 53.1 Å². The molecule has 18 heavy (non-hydrogen) atoms. The number of hydrogen-bond donors (Lipinski definition) is 2. The first-order valence-corrected chi connectivity index (χ1v) is 6.83. The Balaban J connectivity index is 2.77. The zero-order chi connectivity index (χ0) is 13.8. The van der Waals surface area contributed by atoms with Gasteiger partial charge in [0.05, 0.1) is 0 Å². The fraction of sp³-hybridized carbons (Fsp3) is 0.667. The van der Waals surface area contributed by atoms with Gasteiger partial charge in [0, 0.05) is 18.6 Å². The predicted octanol–water partition coefficient (Wildman–Crippen LogP) is 2.42. The summed E-state index contributed by atoms with van der Waals surface area (Å²) in [6, 6.07) is 0. The summed E-state index contributed by atoms with van der Waals surface area (Å²) >= 11 is 3.52. The maximum atomic E-state index is 4.26. The number of halogens is 1. The Morgan fingerprint density at radius 1 is 1.22 bits per heavy atom. The summed E-state index contributed by atoms with van der Waals surface area (Å²) in [5, 5.41) is 6.54. The van der Waals surface area contributed by atoms with Crippen molar-refractivity contribution in [2.45, 2.75) is 26.3 Å². The molecule has 2 N–H and O–H groups in total. The molecule has 0 aliphatic heterocycles. The van der Waals surface area contributed by atoms with Crippen LogP contribution < -0.4 is 10.6 Å². The summed E-state index contributed by atoms with van der Waals surface area (Å²) < 4.78 is 0.876. The van der Waals surface area contributed by atoms with Crippen LogP contribution in [0.3, 0.4) is 0 Å². The molecule has 5 nitrogen and oxygen atoms in total. The van der Waals surface area contributed by atoms with Crippen LogP contribution in [0.15, 0.2) is 10.8 Å². The van der Waals surface area contributed by atoms with Gasteiger partial charge in [-0.15, -0.1) is 0 Å². The van der Waals surface area contributed by atoms with E-state index in [2.05, 4.69) is 69.4 Å². The third kappa shape index (κ3) is 3.81. The third-order valence-corrected chi connectivity index (χ3v) is 3.78. The van der Waals surface area contributed by atoms with Gasteiger partial charge in [-0.2, -0.15) is 0 Å². The van der Waals surface area contributed by atoms with Gasteiger partial charge in [-0.1, -0.05) is 0 Å². The predicted molar refractivity (Wildman–Crippen MR) is 80.2 cm³/mol. The summed E-state index contributed by atoms with van der Waals surface area (Å²) in [7, 11) is 4.14. The number of aromatic nitrogens is 2. The van der Waals surface area contributed by atoms with Gasteiger partial charge < -0.3 is 15.5 Å². The highest BCUT2D eigenvalue weighted by atomic mass is 79.9. The highest BCUT2D eigenvalue weighted by molar-refractivity contribution is 9.10. The second kappa shape index (κ2) is 6.33. The Morgan fingerprint density at radius 3 is 2.28 bits per heavy atom. The standard InChI is InChI=1S/C12H22BrN5/c1-6-14-10-9(13)11(17-8-16-10)15-7-12(2,3)18(4)5/h8H,6-7H2,1-5H3,(H2,14,15,16,17). The smallest absolute Gasteiger partial charge is 0.146 e. The van der Waals surface area contributed by atoms with Crippen molar-refractivity contribution in [2.24, 2.45) is 0 Å². The molecule has 0 saturated heterocycles. The lowest BCUT2D eigenvalue weighted by Crippen LogP contribution is -2.44. The van der Waals surface area contributed by atoms with E-state index in [9.17, 15) is 0 Å². The van der Waals surface area contributed by atoms with Gasteiger partial charge in [0.15, 0.2) is 0 Å². The molecule has 0 radical (unpaired) electrons. The van der Waals surface area contributed by atoms with Crippen LogP contribution in [0, 0.1) is 0 Å². The van der Waals surface area contributed by atoms with Crippen LogP contribution >= 0.6 is 15.9 Å². The molecule has 0 bridgehead atoms. The van der Waals surface area contributed by atoms with Crippen LogP contribution in [0.25, 0.3) is 0 Å². The Labute approximate surface area is 118 Å². The third-order valence-electron chi connectivity index (χ3n) is 3.03. The second-order valence-electron chi connectivity index (χ2n) is 4.98. The van der Waals surface area contributed by atoms with E-state index in [0.717, 1.165) is 29.2 Å². The molecule has 1 heterocycles. The van der Waals surface area contributed by atoms with Crippen molar-refractivity contribution in [1.29, 1.82) is 0 Å². The first-order chi connectivity index (χ1) is 8.38. The van der Waals surface area contributed by atoms with E-state index in [0.29, 0.717) is 0 Å². The maximum absolute atomic E-state index is 4.26. The fourth-order valence-electron chi connectivity index (χ4n) is 1.24. The van der Waals surface area contributed by atoms with E-state index in [1.807, 2.05) is 6.92 Å². The summed E-state index contributed by atoms with van der Waals surface area (Å²) in [6.07, 6.45) is 1.56. The number of nitrogens with one attached hydrogen (secondary N) is 2. The first kappa shape index (κ1) is 15.2. The van der Waals surface area contributed by atoms with Crippen LogP contribution in [0.4, 0.5) is 11.6 Å². The van der Waals surface area contributed by atoms with Gasteiger partial charge in [0.2, 0.25) is 0 Å². The van der Waals surface area contributed by atoms with Crippen molar-refractivity contribution in [2.75, 3.05) is 37.8 Å². The van der Waals surface area contributed by atoms with E-state index in [1.54, 1.807) is 6.33 Å². The van der Waals surface area contributed by atoms with Gasteiger partial charge in [-0.05, 0) is 50.8 Å². The average molecular weight is 316 g/mol. The number of rotatable bonds is 6. The number of anilines is 2. The minimum absolute atomic E-state index is 0.0583. The molecule has 1 aromatic heterocycles. The Morgan fingerprint density at radius 2 is 1.78 bits per heavy atom. The van der Waals surface area contributed by atoms with Gasteiger partial charge in [-0.25, -0.2) is 9.97 Å². The molecule has 0 aromatic carbocycles. The van der Waals surface area contributed by atoms with E-state index in [1.165, 1.54) is 0 Å².